The Bertz CT molecular complexity index is 371. The number of phenolic OH excluding ortho intramolecular Hbond substituents is 1. The molecule has 68 valence electrons. The van der Waals surface area contributed by atoms with Crippen molar-refractivity contribution in [3.05, 3.63) is 27.7 Å². The van der Waals surface area contributed by atoms with Crippen LogP contribution in [0.2, 0.25) is 0 Å². The monoisotopic (exact) mass is 240 g/mol. The zero-order valence-electron chi connectivity index (χ0n) is 7.01. The van der Waals surface area contributed by atoms with Gasteiger partial charge in [0.2, 0.25) is 0 Å². The number of Topliss-reactive ketones (excluding diaryl/α,β-unsaturated/α-hetero) is 1. The van der Waals surface area contributed by atoms with E-state index in [0.717, 1.165) is 22.9 Å². The molecule has 0 amide bonds. The number of fused-ring (bicyclic) bond motifs is 1. The van der Waals surface area contributed by atoms with Crippen molar-refractivity contribution in [3.8, 4) is 5.75 Å². The third kappa shape index (κ3) is 1.48. The Hall–Kier alpha value is -0.830. The van der Waals surface area contributed by atoms with Crippen LogP contribution in [0.1, 0.15) is 28.8 Å². The van der Waals surface area contributed by atoms with E-state index in [0.29, 0.717) is 12.0 Å². The highest BCUT2D eigenvalue weighted by Crippen LogP contribution is 2.31. The van der Waals surface area contributed by atoms with Gasteiger partial charge in [-0.15, -0.1) is 0 Å². The number of carbonyl (C=O) groups excluding carboxylic acids is 1. The summed E-state index contributed by atoms with van der Waals surface area (Å²) in [5.74, 6) is 0.167. The number of hydrogen-bond donors (Lipinski definition) is 1. The van der Waals surface area contributed by atoms with Crippen molar-refractivity contribution in [2.45, 2.75) is 19.3 Å². The van der Waals surface area contributed by atoms with Crippen molar-refractivity contribution in [2.75, 3.05) is 0 Å². The van der Waals surface area contributed by atoms with Crippen molar-refractivity contribution >= 4 is 21.7 Å². The van der Waals surface area contributed by atoms with E-state index in [1.54, 1.807) is 6.07 Å². The van der Waals surface area contributed by atoms with Crippen LogP contribution in [0.4, 0.5) is 0 Å². The van der Waals surface area contributed by atoms with E-state index in [1.807, 2.05) is 6.07 Å². The van der Waals surface area contributed by atoms with Gasteiger partial charge in [0.15, 0.2) is 5.78 Å². The lowest BCUT2D eigenvalue weighted by Gasteiger charge is -2.15. The van der Waals surface area contributed by atoms with Gasteiger partial charge in [0, 0.05) is 10.9 Å². The molecule has 1 aromatic carbocycles. The van der Waals surface area contributed by atoms with Crippen molar-refractivity contribution in [1.29, 1.82) is 0 Å². The van der Waals surface area contributed by atoms with E-state index >= 15 is 0 Å². The number of aromatic hydroxyl groups is 1. The first-order valence-corrected chi connectivity index (χ1v) is 5.02. The van der Waals surface area contributed by atoms with Gasteiger partial charge in [0.05, 0.1) is 5.56 Å². The van der Waals surface area contributed by atoms with Gasteiger partial charge in [-0.2, -0.15) is 0 Å². The van der Waals surface area contributed by atoms with Crippen molar-refractivity contribution in [1.82, 2.24) is 0 Å². The topological polar surface area (TPSA) is 37.3 Å². The van der Waals surface area contributed by atoms with Crippen LogP contribution in [0.5, 0.6) is 5.75 Å². The molecule has 2 nitrogen and oxygen atoms in total. The van der Waals surface area contributed by atoms with Gasteiger partial charge in [0.25, 0.3) is 0 Å². The minimum atomic E-state index is 0.0613. The molecule has 1 aromatic rings. The molecular formula is C10H9BrO2. The van der Waals surface area contributed by atoms with Crippen molar-refractivity contribution < 1.29 is 9.90 Å². The second-order valence-electron chi connectivity index (χ2n) is 3.24. The Kier molecular flexibility index (Phi) is 2.12. The molecule has 3 heteroatoms. The summed E-state index contributed by atoms with van der Waals surface area (Å²) < 4.78 is 0.832. The summed E-state index contributed by atoms with van der Waals surface area (Å²) in [6.45, 7) is 0. The fraction of sp³-hybridized carbons (Fsp3) is 0.300. The molecule has 1 N–H and O–H groups in total. The van der Waals surface area contributed by atoms with Crippen LogP contribution in [-0.2, 0) is 6.42 Å². The smallest absolute Gasteiger partial charge is 0.166 e. The minimum absolute atomic E-state index is 0.0613. The lowest BCUT2D eigenvalue weighted by atomic mass is 9.90. The number of halogens is 1. The van der Waals surface area contributed by atoms with Gasteiger partial charge in [-0.1, -0.05) is 15.9 Å². The molecule has 2 rings (SSSR count). The third-order valence-corrected chi connectivity index (χ3v) is 2.75. The normalized spacial score (nSPS) is 15.6. The third-order valence-electron chi connectivity index (χ3n) is 2.29. The van der Waals surface area contributed by atoms with E-state index in [4.69, 9.17) is 0 Å². The molecule has 0 heterocycles. The lowest BCUT2D eigenvalue weighted by molar-refractivity contribution is 0.0969. The second-order valence-corrected chi connectivity index (χ2v) is 4.15. The summed E-state index contributed by atoms with van der Waals surface area (Å²) in [4.78, 5) is 11.4. The quantitative estimate of drug-likeness (QED) is 0.758. The SMILES string of the molecule is O=C1CCCc2cc(Br)cc(O)c21. The van der Waals surface area contributed by atoms with Gasteiger partial charge >= 0.3 is 0 Å². The maximum Gasteiger partial charge on any atom is 0.166 e. The van der Waals surface area contributed by atoms with E-state index in [1.165, 1.54) is 0 Å². The molecule has 0 unspecified atom stereocenters. The predicted molar refractivity (Wildman–Crippen MR) is 53.1 cm³/mol. The van der Waals surface area contributed by atoms with Gasteiger partial charge in [-0.25, -0.2) is 0 Å². The van der Waals surface area contributed by atoms with Crippen LogP contribution in [0.25, 0.3) is 0 Å². The number of benzene rings is 1. The number of hydrogen-bond acceptors (Lipinski definition) is 2. The standard InChI is InChI=1S/C10H9BrO2/c11-7-4-6-2-1-3-8(12)10(6)9(13)5-7/h4-5,13H,1-3H2. The Morgan fingerprint density at radius 2 is 2.08 bits per heavy atom. The van der Waals surface area contributed by atoms with E-state index in [-0.39, 0.29) is 11.5 Å². The molecular weight excluding hydrogens is 232 g/mol. The molecule has 0 fully saturated rings. The zero-order valence-corrected chi connectivity index (χ0v) is 8.60. The fourth-order valence-electron chi connectivity index (χ4n) is 1.73. The number of ketones is 1. The van der Waals surface area contributed by atoms with Crippen molar-refractivity contribution in [2.24, 2.45) is 0 Å². The molecule has 0 aromatic heterocycles. The fourth-order valence-corrected chi connectivity index (χ4v) is 2.22. The van der Waals surface area contributed by atoms with Crippen LogP contribution < -0.4 is 0 Å². The average molecular weight is 241 g/mol. The molecule has 1 aliphatic carbocycles. The first-order chi connectivity index (χ1) is 6.18. The highest BCUT2D eigenvalue weighted by atomic mass is 79.9. The molecule has 1 aliphatic rings. The minimum Gasteiger partial charge on any atom is -0.507 e. The number of phenols is 1. The summed E-state index contributed by atoms with van der Waals surface area (Å²) in [6, 6.07) is 3.48. The summed E-state index contributed by atoms with van der Waals surface area (Å²) in [5, 5.41) is 9.56. The van der Waals surface area contributed by atoms with Crippen LogP contribution >= 0.6 is 15.9 Å². The maximum atomic E-state index is 11.4. The molecule has 13 heavy (non-hydrogen) atoms. The number of carbonyl (C=O) groups is 1. The molecule has 0 aliphatic heterocycles. The molecule has 0 bridgehead atoms. The first-order valence-electron chi connectivity index (χ1n) is 4.23. The lowest BCUT2D eigenvalue weighted by Crippen LogP contribution is -2.10. The predicted octanol–water partition coefficient (Wildman–Crippen LogP) is 2.67. The van der Waals surface area contributed by atoms with E-state index in [9.17, 15) is 9.90 Å². The van der Waals surface area contributed by atoms with Crippen LogP contribution in [0, 0.1) is 0 Å². The summed E-state index contributed by atoms with van der Waals surface area (Å²) in [7, 11) is 0. The average Bonchev–Trinajstić information content (AvgIpc) is 2.02. The Labute approximate surface area is 84.7 Å². The van der Waals surface area contributed by atoms with Crippen LogP contribution in [0.3, 0.4) is 0 Å². The van der Waals surface area contributed by atoms with Crippen LogP contribution in [0.15, 0.2) is 16.6 Å². The zero-order chi connectivity index (χ0) is 9.42. The first kappa shape index (κ1) is 8.75. The maximum absolute atomic E-state index is 11.4. The second kappa shape index (κ2) is 3.14. The Balaban J connectivity index is 2.63. The number of rotatable bonds is 0. The molecule has 0 spiro atoms. The van der Waals surface area contributed by atoms with Crippen LogP contribution in [-0.4, -0.2) is 10.9 Å². The summed E-state index contributed by atoms with van der Waals surface area (Å²) in [6.07, 6.45) is 2.33. The summed E-state index contributed by atoms with van der Waals surface area (Å²) in [5.41, 5.74) is 1.48. The molecule has 0 saturated carbocycles. The Morgan fingerprint density at radius 3 is 2.85 bits per heavy atom. The van der Waals surface area contributed by atoms with E-state index in [2.05, 4.69) is 15.9 Å². The van der Waals surface area contributed by atoms with Gasteiger partial charge in [-0.3, -0.25) is 4.79 Å². The molecule has 0 saturated heterocycles. The Morgan fingerprint density at radius 1 is 1.31 bits per heavy atom. The number of aryl methyl sites for hydroxylation is 1. The van der Waals surface area contributed by atoms with Crippen molar-refractivity contribution in [3.63, 3.8) is 0 Å². The van der Waals surface area contributed by atoms with Gasteiger partial charge < -0.3 is 5.11 Å². The van der Waals surface area contributed by atoms with E-state index < -0.39 is 0 Å². The summed E-state index contributed by atoms with van der Waals surface area (Å²) >= 11 is 3.29. The van der Waals surface area contributed by atoms with Gasteiger partial charge in [-0.05, 0) is 30.5 Å². The van der Waals surface area contributed by atoms with Gasteiger partial charge in [0.1, 0.15) is 5.75 Å². The highest BCUT2D eigenvalue weighted by molar-refractivity contribution is 9.10. The largest absolute Gasteiger partial charge is 0.507 e. The molecule has 0 radical (unpaired) electrons. The highest BCUT2D eigenvalue weighted by Gasteiger charge is 2.20. The molecule has 0 atom stereocenters.